The van der Waals surface area contributed by atoms with Crippen molar-refractivity contribution in [1.82, 2.24) is 4.57 Å². The summed E-state index contributed by atoms with van der Waals surface area (Å²) in [5.74, 6) is -0.734. The minimum absolute atomic E-state index is 0.0629. The molecular weight excluding hydrogens is 344 g/mol. The highest BCUT2D eigenvalue weighted by Crippen LogP contribution is 2.34. The maximum atomic E-state index is 12.9. The minimum Gasteiger partial charge on any atom is -0.465 e. The number of nitrogens with zero attached hydrogens (tertiary/aromatic N) is 1. The van der Waals surface area contributed by atoms with Crippen LogP contribution in [0.1, 0.15) is 39.6 Å². The van der Waals surface area contributed by atoms with Gasteiger partial charge < -0.3 is 14.6 Å². The first-order valence-electron chi connectivity index (χ1n) is 8.72. The summed E-state index contributed by atoms with van der Waals surface area (Å²) >= 11 is 0. The third kappa shape index (κ3) is 3.21. The standard InChI is InChI=1S/C21H18N2O4/c1-27-21(26)13-6-8-14(9-7-13)22-19(24)18-12-23(15-10-11-15)20(25)17-5-3-2-4-16(17)18/h2-9,12,15H,10-11H2,1H3,(H,22,24). The van der Waals surface area contributed by atoms with Crippen LogP contribution in [0, 0.1) is 0 Å². The molecule has 1 heterocycles. The smallest absolute Gasteiger partial charge is 0.337 e. The van der Waals surface area contributed by atoms with Crippen LogP contribution in [0.2, 0.25) is 0 Å². The van der Waals surface area contributed by atoms with Crippen molar-refractivity contribution >= 4 is 28.3 Å². The summed E-state index contributed by atoms with van der Waals surface area (Å²) in [4.78, 5) is 37.1. The number of hydrogen-bond acceptors (Lipinski definition) is 4. The van der Waals surface area contributed by atoms with Gasteiger partial charge in [-0.3, -0.25) is 9.59 Å². The minimum atomic E-state index is -0.435. The van der Waals surface area contributed by atoms with Gasteiger partial charge in [-0.1, -0.05) is 18.2 Å². The zero-order valence-corrected chi connectivity index (χ0v) is 14.8. The van der Waals surface area contributed by atoms with Gasteiger partial charge >= 0.3 is 5.97 Å². The highest BCUT2D eigenvalue weighted by Gasteiger charge is 2.26. The Morgan fingerprint density at radius 2 is 1.70 bits per heavy atom. The second-order valence-corrected chi connectivity index (χ2v) is 6.56. The third-order valence-electron chi connectivity index (χ3n) is 4.70. The number of fused-ring (bicyclic) bond motifs is 1. The molecule has 6 nitrogen and oxygen atoms in total. The van der Waals surface area contributed by atoms with Gasteiger partial charge in [0.2, 0.25) is 0 Å². The van der Waals surface area contributed by atoms with E-state index < -0.39 is 5.97 Å². The molecule has 0 bridgehead atoms. The molecule has 0 radical (unpaired) electrons. The average molecular weight is 362 g/mol. The van der Waals surface area contributed by atoms with Crippen molar-refractivity contribution in [1.29, 1.82) is 0 Å². The van der Waals surface area contributed by atoms with E-state index in [1.54, 1.807) is 53.2 Å². The number of esters is 1. The Morgan fingerprint density at radius 1 is 1.04 bits per heavy atom. The number of hydrogen-bond donors (Lipinski definition) is 1. The van der Waals surface area contributed by atoms with Gasteiger partial charge in [0, 0.05) is 28.7 Å². The molecule has 0 saturated heterocycles. The number of rotatable bonds is 4. The van der Waals surface area contributed by atoms with Gasteiger partial charge in [0.15, 0.2) is 0 Å². The first-order valence-corrected chi connectivity index (χ1v) is 8.72. The number of nitrogens with one attached hydrogen (secondary N) is 1. The van der Waals surface area contributed by atoms with Crippen molar-refractivity contribution in [2.24, 2.45) is 0 Å². The third-order valence-corrected chi connectivity index (χ3v) is 4.70. The van der Waals surface area contributed by atoms with E-state index in [4.69, 9.17) is 0 Å². The molecule has 136 valence electrons. The molecule has 0 atom stereocenters. The van der Waals surface area contributed by atoms with Gasteiger partial charge in [-0.15, -0.1) is 0 Å². The van der Waals surface area contributed by atoms with Crippen LogP contribution in [0.25, 0.3) is 10.8 Å². The molecule has 0 spiro atoms. The summed E-state index contributed by atoms with van der Waals surface area (Å²) in [6.07, 6.45) is 3.56. The van der Waals surface area contributed by atoms with E-state index in [0.29, 0.717) is 27.6 Å². The quantitative estimate of drug-likeness (QED) is 0.722. The Labute approximate surface area is 155 Å². The Kier molecular flexibility index (Phi) is 4.24. The highest BCUT2D eigenvalue weighted by molar-refractivity contribution is 6.12. The summed E-state index contributed by atoms with van der Waals surface area (Å²) in [6.45, 7) is 0. The molecule has 1 aliphatic rings. The zero-order valence-electron chi connectivity index (χ0n) is 14.8. The SMILES string of the molecule is COC(=O)c1ccc(NC(=O)c2cn(C3CC3)c(=O)c3ccccc23)cc1. The van der Waals surface area contributed by atoms with Gasteiger partial charge in [-0.2, -0.15) is 0 Å². The molecular formula is C21H18N2O4. The molecule has 1 fully saturated rings. The van der Waals surface area contributed by atoms with Crippen LogP contribution in [0.3, 0.4) is 0 Å². The van der Waals surface area contributed by atoms with Crippen LogP contribution in [0.15, 0.2) is 59.5 Å². The van der Waals surface area contributed by atoms with Crippen molar-refractivity contribution < 1.29 is 14.3 Å². The fourth-order valence-electron chi connectivity index (χ4n) is 3.12. The summed E-state index contributed by atoms with van der Waals surface area (Å²) < 4.78 is 6.33. The van der Waals surface area contributed by atoms with Gasteiger partial charge in [-0.25, -0.2) is 4.79 Å². The lowest BCUT2D eigenvalue weighted by atomic mass is 10.1. The monoisotopic (exact) mass is 362 g/mol. The molecule has 3 aromatic rings. The second-order valence-electron chi connectivity index (χ2n) is 6.56. The molecule has 1 saturated carbocycles. The van der Waals surface area contributed by atoms with E-state index in [1.807, 2.05) is 6.07 Å². The van der Waals surface area contributed by atoms with Crippen LogP contribution in [-0.2, 0) is 4.74 Å². The zero-order chi connectivity index (χ0) is 19.0. The Bertz CT molecular complexity index is 1100. The number of ether oxygens (including phenoxy) is 1. The lowest BCUT2D eigenvalue weighted by Crippen LogP contribution is -2.23. The number of carbonyl (C=O) groups is 2. The van der Waals surface area contributed by atoms with Crippen LogP contribution < -0.4 is 10.9 Å². The number of pyridine rings is 1. The predicted octanol–water partition coefficient (Wildman–Crippen LogP) is 3.38. The number of methoxy groups -OCH3 is 1. The number of benzene rings is 2. The van der Waals surface area contributed by atoms with E-state index in [-0.39, 0.29) is 17.5 Å². The molecule has 1 aliphatic carbocycles. The Balaban J connectivity index is 1.69. The summed E-state index contributed by atoms with van der Waals surface area (Å²) in [7, 11) is 1.32. The molecule has 0 aliphatic heterocycles. The van der Waals surface area contributed by atoms with E-state index in [0.717, 1.165) is 12.8 Å². The fourth-order valence-corrected chi connectivity index (χ4v) is 3.12. The normalized spacial score (nSPS) is 13.4. The lowest BCUT2D eigenvalue weighted by Gasteiger charge is -2.12. The molecule has 1 aromatic heterocycles. The molecule has 1 N–H and O–H groups in total. The Hall–Kier alpha value is -3.41. The van der Waals surface area contributed by atoms with Gasteiger partial charge in [0.25, 0.3) is 11.5 Å². The van der Waals surface area contributed by atoms with Crippen molar-refractivity contribution in [2.75, 3.05) is 12.4 Å². The summed E-state index contributed by atoms with van der Waals surface area (Å²) in [5.41, 5.74) is 1.35. The number of aromatic nitrogens is 1. The van der Waals surface area contributed by atoms with E-state index in [2.05, 4.69) is 10.1 Å². The van der Waals surface area contributed by atoms with Gasteiger partial charge in [0.05, 0.1) is 18.2 Å². The molecule has 6 heteroatoms. The van der Waals surface area contributed by atoms with Crippen molar-refractivity contribution in [3.05, 3.63) is 76.2 Å². The van der Waals surface area contributed by atoms with Crippen molar-refractivity contribution in [3.8, 4) is 0 Å². The first-order chi connectivity index (χ1) is 13.1. The first kappa shape index (κ1) is 17.0. The number of carbonyl (C=O) groups excluding carboxylic acids is 2. The summed E-state index contributed by atoms with van der Waals surface area (Å²) in [5, 5.41) is 4.00. The molecule has 1 amide bonds. The van der Waals surface area contributed by atoms with E-state index in [9.17, 15) is 14.4 Å². The van der Waals surface area contributed by atoms with E-state index in [1.165, 1.54) is 7.11 Å². The second kappa shape index (κ2) is 6.72. The number of amides is 1. The van der Waals surface area contributed by atoms with Gasteiger partial charge in [0.1, 0.15) is 0 Å². The fraction of sp³-hybridized carbons (Fsp3) is 0.190. The lowest BCUT2D eigenvalue weighted by molar-refractivity contribution is 0.0600. The summed E-state index contributed by atoms with van der Waals surface area (Å²) in [6, 6.07) is 13.8. The molecule has 0 unspecified atom stereocenters. The van der Waals surface area contributed by atoms with Crippen LogP contribution >= 0.6 is 0 Å². The molecule has 4 rings (SSSR count). The average Bonchev–Trinajstić information content (AvgIpc) is 3.53. The number of anilines is 1. The maximum absolute atomic E-state index is 12.9. The van der Waals surface area contributed by atoms with Crippen LogP contribution in [0.4, 0.5) is 5.69 Å². The molecule has 2 aromatic carbocycles. The van der Waals surface area contributed by atoms with Crippen molar-refractivity contribution in [3.63, 3.8) is 0 Å². The maximum Gasteiger partial charge on any atom is 0.337 e. The van der Waals surface area contributed by atoms with E-state index >= 15 is 0 Å². The van der Waals surface area contributed by atoms with Crippen LogP contribution in [-0.4, -0.2) is 23.6 Å². The van der Waals surface area contributed by atoms with Crippen LogP contribution in [0.5, 0.6) is 0 Å². The largest absolute Gasteiger partial charge is 0.465 e. The van der Waals surface area contributed by atoms with Gasteiger partial charge in [-0.05, 0) is 43.2 Å². The Morgan fingerprint density at radius 3 is 2.33 bits per heavy atom. The highest BCUT2D eigenvalue weighted by atomic mass is 16.5. The molecule has 27 heavy (non-hydrogen) atoms. The van der Waals surface area contributed by atoms with Crippen molar-refractivity contribution in [2.45, 2.75) is 18.9 Å². The topological polar surface area (TPSA) is 77.4 Å². The predicted molar refractivity (Wildman–Crippen MR) is 102 cm³/mol.